The van der Waals surface area contributed by atoms with E-state index < -0.39 is 0 Å². The van der Waals surface area contributed by atoms with Crippen molar-refractivity contribution in [1.82, 2.24) is 15.0 Å². The smallest absolute Gasteiger partial charge is 0.223 e. The van der Waals surface area contributed by atoms with Gasteiger partial charge >= 0.3 is 0 Å². The predicted octanol–water partition coefficient (Wildman–Crippen LogP) is 2.49. The van der Waals surface area contributed by atoms with Crippen LogP contribution in [0.2, 0.25) is 0 Å². The molecule has 0 amide bonds. The lowest BCUT2D eigenvalue weighted by Crippen LogP contribution is -2.06. The Balaban J connectivity index is 0.000000289. The van der Waals surface area contributed by atoms with Crippen molar-refractivity contribution in [2.24, 2.45) is 0 Å². The molecule has 0 unspecified atom stereocenters. The van der Waals surface area contributed by atoms with Crippen LogP contribution in [0.1, 0.15) is 28.8 Å². The molecule has 12 nitrogen and oxygen atoms in total. The number of ether oxygens (including phenoxy) is 5. The van der Waals surface area contributed by atoms with Gasteiger partial charge in [-0.2, -0.15) is 0 Å². The third-order valence-electron chi connectivity index (χ3n) is 4.52. The summed E-state index contributed by atoms with van der Waals surface area (Å²) >= 11 is 0. The number of carbonyl (C=O) groups excluding carboxylic acids is 2. The molecule has 2 N–H and O–H groups in total. The van der Waals surface area contributed by atoms with Crippen molar-refractivity contribution in [3.63, 3.8) is 0 Å². The zero-order chi connectivity index (χ0) is 28.5. The van der Waals surface area contributed by atoms with E-state index in [1.54, 1.807) is 32.6 Å². The van der Waals surface area contributed by atoms with E-state index in [1.807, 2.05) is 0 Å². The Morgan fingerprint density at radius 1 is 0.842 bits per heavy atom. The second-order valence-electron chi connectivity index (χ2n) is 7.04. The molecule has 0 bridgehead atoms. The third-order valence-corrected chi connectivity index (χ3v) is 4.52. The van der Waals surface area contributed by atoms with Crippen LogP contribution in [0.3, 0.4) is 0 Å². The minimum Gasteiger partial charge on any atom is -0.493 e. The van der Waals surface area contributed by atoms with Crippen molar-refractivity contribution in [3.05, 3.63) is 70.2 Å². The summed E-state index contributed by atoms with van der Waals surface area (Å²) in [5.41, 5.74) is 1.24. The summed E-state index contributed by atoms with van der Waals surface area (Å²) in [7, 11) is 7.54. The maximum atomic E-state index is 11.0. The minimum absolute atomic E-state index is 0.0217. The second-order valence-corrected chi connectivity index (χ2v) is 7.04. The van der Waals surface area contributed by atoms with E-state index >= 15 is 0 Å². The van der Waals surface area contributed by atoms with Gasteiger partial charge in [-0.25, -0.2) is 4.98 Å². The molecule has 0 saturated carbocycles. The van der Waals surface area contributed by atoms with Crippen molar-refractivity contribution in [1.29, 1.82) is 0 Å². The van der Waals surface area contributed by atoms with E-state index in [-0.39, 0.29) is 23.6 Å². The number of methoxy groups -OCH3 is 5. The summed E-state index contributed by atoms with van der Waals surface area (Å²) in [5.74, 6) is 2.42. The van der Waals surface area contributed by atoms with Crippen molar-refractivity contribution >= 4 is 18.1 Å². The fraction of sp³-hybridized carbons (Fsp3) is 0.269. The number of aldehydes is 1. The highest BCUT2D eigenvalue weighted by atomic mass is 16.5. The van der Waals surface area contributed by atoms with Gasteiger partial charge in [0, 0.05) is 30.1 Å². The number of ketones is 1. The van der Waals surface area contributed by atoms with Crippen LogP contribution in [0, 0.1) is 0 Å². The number of pyridine rings is 3. The standard InChI is InChI=1S/C11H13NO3.C8H9NO3.C7H9NO3/c1-8(13)4-5-9-6-10(14-2)11(15-3)7-12-9;1-11-7-3-6(5-10)9-4-8(7)12-2;1-11-7-3-8-5(4-9)2-6(7)10/h4-7H,1-3H3;3-5H,1-2H3;2-3,9H,4H2,1H3,(H,8,10)/b5-4+;;. The molecule has 0 aliphatic rings. The molecule has 0 fully saturated rings. The van der Waals surface area contributed by atoms with Gasteiger partial charge in [-0.05, 0) is 19.1 Å². The van der Waals surface area contributed by atoms with Gasteiger partial charge in [-0.15, -0.1) is 0 Å². The Bertz CT molecular complexity index is 1270. The van der Waals surface area contributed by atoms with Crippen molar-refractivity contribution < 1.29 is 38.4 Å². The van der Waals surface area contributed by atoms with Crippen LogP contribution >= 0.6 is 0 Å². The summed E-state index contributed by atoms with van der Waals surface area (Å²) in [4.78, 5) is 42.6. The zero-order valence-electron chi connectivity index (χ0n) is 22.0. The summed E-state index contributed by atoms with van der Waals surface area (Å²) in [6.07, 6.45) is 8.16. The highest BCUT2D eigenvalue weighted by molar-refractivity contribution is 5.91. The number of allylic oxidation sites excluding steroid dienone is 1. The fourth-order valence-electron chi connectivity index (χ4n) is 2.61. The van der Waals surface area contributed by atoms with Crippen LogP contribution in [-0.2, 0) is 11.4 Å². The average molecular weight is 530 g/mol. The number of hydrogen-bond acceptors (Lipinski definition) is 11. The number of H-pyrrole nitrogens is 1. The van der Waals surface area contributed by atoms with E-state index in [2.05, 4.69) is 15.0 Å². The lowest BCUT2D eigenvalue weighted by atomic mass is 10.3. The van der Waals surface area contributed by atoms with Crippen LogP contribution < -0.4 is 29.1 Å². The Morgan fingerprint density at radius 3 is 1.76 bits per heavy atom. The molecule has 0 saturated heterocycles. The molecule has 0 atom stereocenters. The molecule has 3 aromatic rings. The molecule has 38 heavy (non-hydrogen) atoms. The number of carbonyl (C=O) groups is 2. The predicted molar refractivity (Wildman–Crippen MR) is 139 cm³/mol. The number of aliphatic hydroxyl groups is 1. The first-order chi connectivity index (χ1) is 18.3. The van der Waals surface area contributed by atoms with Crippen LogP contribution in [0.5, 0.6) is 28.7 Å². The Morgan fingerprint density at radius 2 is 1.34 bits per heavy atom. The number of aromatic nitrogens is 3. The quantitative estimate of drug-likeness (QED) is 0.310. The first-order valence-corrected chi connectivity index (χ1v) is 10.9. The Kier molecular flexibility index (Phi) is 13.9. The first-order valence-electron chi connectivity index (χ1n) is 10.9. The van der Waals surface area contributed by atoms with E-state index in [0.717, 1.165) is 0 Å². The highest BCUT2D eigenvalue weighted by Gasteiger charge is 2.05. The summed E-state index contributed by atoms with van der Waals surface area (Å²) in [5, 5.41) is 8.61. The van der Waals surface area contributed by atoms with Crippen molar-refractivity contribution in [2.45, 2.75) is 13.5 Å². The molecule has 0 aromatic carbocycles. The average Bonchev–Trinajstić information content (AvgIpc) is 2.95. The van der Waals surface area contributed by atoms with Gasteiger partial charge in [0.05, 0.1) is 60.2 Å². The molecule has 204 valence electrons. The molecule has 0 aliphatic carbocycles. The van der Waals surface area contributed by atoms with Gasteiger partial charge in [0.15, 0.2) is 40.8 Å². The fourth-order valence-corrected chi connectivity index (χ4v) is 2.61. The largest absolute Gasteiger partial charge is 0.493 e. The van der Waals surface area contributed by atoms with Crippen LogP contribution in [0.15, 0.2) is 47.7 Å². The molecule has 3 rings (SSSR count). The second kappa shape index (κ2) is 16.9. The third kappa shape index (κ3) is 10.1. The molecule has 0 spiro atoms. The monoisotopic (exact) mass is 529 g/mol. The maximum Gasteiger partial charge on any atom is 0.223 e. The Labute approximate surface area is 219 Å². The normalized spacial score (nSPS) is 9.76. The Hall–Kier alpha value is -4.71. The molecular formula is C26H31N3O9. The molecule has 3 heterocycles. The summed E-state index contributed by atoms with van der Waals surface area (Å²) in [6, 6.07) is 4.53. The molecule has 0 aliphatic heterocycles. The highest BCUT2D eigenvalue weighted by Crippen LogP contribution is 2.26. The van der Waals surface area contributed by atoms with Gasteiger partial charge < -0.3 is 33.8 Å². The summed E-state index contributed by atoms with van der Waals surface area (Å²) < 4.78 is 24.7. The lowest BCUT2D eigenvalue weighted by Gasteiger charge is -2.06. The molecular weight excluding hydrogens is 498 g/mol. The number of nitrogens with one attached hydrogen (secondary N) is 1. The zero-order valence-corrected chi connectivity index (χ0v) is 22.0. The van der Waals surface area contributed by atoms with E-state index in [0.29, 0.717) is 46.4 Å². The number of rotatable bonds is 9. The summed E-state index contributed by atoms with van der Waals surface area (Å²) in [6.45, 7) is 1.32. The van der Waals surface area contributed by atoms with Gasteiger partial charge in [0.1, 0.15) is 5.69 Å². The molecule has 12 heteroatoms. The number of hydrogen-bond donors (Lipinski definition) is 2. The number of aliphatic hydroxyl groups excluding tert-OH is 1. The van der Waals surface area contributed by atoms with E-state index in [4.69, 9.17) is 28.8 Å². The first kappa shape index (κ1) is 31.3. The number of nitrogens with zero attached hydrogens (tertiary/aromatic N) is 2. The lowest BCUT2D eigenvalue weighted by molar-refractivity contribution is -0.112. The van der Waals surface area contributed by atoms with E-state index in [1.165, 1.54) is 58.9 Å². The molecule has 0 radical (unpaired) electrons. The molecule has 3 aromatic heterocycles. The van der Waals surface area contributed by atoms with Gasteiger partial charge in [-0.1, -0.05) is 0 Å². The number of aromatic amines is 1. The topological polar surface area (TPSA) is 159 Å². The van der Waals surface area contributed by atoms with Crippen LogP contribution in [0.4, 0.5) is 0 Å². The van der Waals surface area contributed by atoms with Gasteiger partial charge in [0.25, 0.3) is 0 Å². The van der Waals surface area contributed by atoms with Crippen LogP contribution in [0.25, 0.3) is 6.08 Å². The van der Waals surface area contributed by atoms with Crippen molar-refractivity contribution in [2.75, 3.05) is 35.5 Å². The van der Waals surface area contributed by atoms with E-state index in [9.17, 15) is 14.4 Å². The van der Waals surface area contributed by atoms with Crippen molar-refractivity contribution in [3.8, 4) is 28.7 Å². The SMILES string of the molecule is COc1c[nH]c(CO)cc1=O.COc1cnc(/C=C/C(C)=O)cc1OC.COc1cnc(C=O)cc1OC. The maximum absolute atomic E-state index is 11.0. The van der Waals surface area contributed by atoms with Gasteiger partial charge in [0.2, 0.25) is 5.43 Å². The van der Waals surface area contributed by atoms with Crippen LogP contribution in [-0.4, -0.2) is 67.7 Å². The minimum atomic E-state index is -0.227. The van der Waals surface area contributed by atoms with Gasteiger partial charge in [-0.3, -0.25) is 19.4 Å².